The summed E-state index contributed by atoms with van der Waals surface area (Å²) >= 11 is 0. The Morgan fingerprint density at radius 2 is 1.48 bits per heavy atom. The van der Waals surface area contributed by atoms with Crippen LogP contribution in [0.3, 0.4) is 0 Å². The third-order valence-electron chi connectivity index (χ3n) is 8.76. The van der Waals surface area contributed by atoms with Crippen molar-refractivity contribution in [3.05, 3.63) is 65.0 Å². The fourth-order valence-electron chi connectivity index (χ4n) is 5.96. The van der Waals surface area contributed by atoms with E-state index in [9.17, 15) is 15.3 Å². The first kappa shape index (κ1) is 36.7. The van der Waals surface area contributed by atoms with E-state index < -0.39 is 48.7 Å². The number of rotatable bonds is 19. The largest absolute Gasteiger partial charge is 0.488 e. The quantitative estimate of drug-likeness (QED) is 0.180. The molecule has 258 valence electrons. The minimum Gasteiger partial charge on any atom is -0.488 e. The number of hydrogen-bond donors (Lipinski definition) is 3. The SMILES string of the molecule is CCCCOC1[C@@H](OCCCC)[C@H](OCCCC)C(CO)(CO)OC1(O)c1ccc(F)c(Cc2ccc(OC3CCOC3)cc2)c1. The molecule has 0 spiro atoms. The zero-order valence-electron chi connectivity index (χ0n) is 27.6. The van der Waals surface area contributed by atoms with Gasteiger partial charge in [-0.25, -0.2) is 4.39 Å². The van der Waals surface area contributed by atoms with Crippen molar-refractivity contribution in [3.63, 3.8) is 0 Å². The number of hydrogen-bond acceptors (Lipinski definition) is 9. The van der Waals surface area contributed by atoms with Crippen molar-refractivity contribution in [1.82, 2.24) is 0 Å². The summed E-state index contributed by atoms with van der Waals surface area (Å²) in [6, 6.07) is 11.8. The highest BCUT2D eigenvalue weighted by atomic mass is 19.1. The molecule has 9 nitrogen and oxygen atoms in total. The Kier molecular flexibility index (Phi) is 14.2. The zero-order chi connectivity index (χ0) is 33.0. The van der Waals surface area contributed by atoms with Crippen LogP contribution in [-0.2, 0) is 35.9 Å². The molecule has 2 fully saturated rings. The average Bonchev–Trinajstić information content (AvgIpc) is 3.58. The van der Waals surface area contributed by atoms with Gasteiger partial charge in [-0.2, -0.15) is 0 Å². The summed E-state index contributed by atoms with van der Waals surface area (Å²) in [6.07, 6.45) is 3.04. The molecule has 3 unspecified atom stereocenters. The van der Waals surface area contributed by atoms with Crippen LogP contribution in [0.5, 0.6) is 5.75 Å². The van der Waals surface area contributed by atoms with Gasteiger partial charge >= 0.3 is 0 Å². The van der Waals surface area contributed by atoms with E-state index in [1.165, 1.54) is 12.1 Å². The molecule has 2 aliphatic heterocycles. The Labute approximate surface area is 272 Å². The summed E-state index contributed by atoms with van der Waals surface area (Å²) in [7, 11) is 0. The topological polar surface area (TPSA) is 116 Å². The van der Waals surface area contributed by atoms with Crippen molar-refractivity contribution in [3.8, 4) is 5.75 Å². The van der Waals surface area contributed by atoms with E-state index in [2.05, 4.69) is 0 Å². The molecule has 0 saturated carbocycles. The molecule has 2 aromatic carbocycles. The van der Waals surface area contributed by atoms with Crippen molar-refractivity contribution in [2.45, 2.75) is 108 Å². The monoisotopic (exact) mass is 648 g/mol. The second kappa shape index (κ2) is 17.8. The van der Waals surface area contributed by atoms with E-state index in [-0.39, 0.29) is 18.1 Å². The van der Waals surface area contributed by atoms with Gasteiger partial charge in [0.15, 0.2) is 0 Å². The van der Waals surface area contributed by atoms with E-state index in [0.717, 1.165) is 56.3 Å². The number of unbranched alkanes of at least 4 members (excludes halogenated alkanes) is 3. The Morgan fingerprint density at radius 1 is 0.848 bits per heavy atom. The van der Waals surface area contributed by atoms with E-state index in [1.54, 1.807) is 6.07 Å². The summed E-state index contributed by atoms with van der Waals surface area (Å²) in [4.78, 5) is 0. The molecule has 0 radical (unpaired) electrons. The lowest BCUT2D eigenvalue weighted by Crippen LogP contribution is -2.72. The molecule has 0 aliphatic carbocycles. The molecule has 0 bridgehead atoms. The molecule has 2 aliphatic rings. The average molecular weight is 649 g/mol. The summed E-state index contributed by atoms with van der Waals surface area (Å²) in [5.74, 6) is -1.92. The number of benzene rings is 2. The smallest absolute Gasteiger partial charge is 0.223 e. The fraction of sp³-hybridized carbons (Fsp3) is 0.667. The summed E-state index contributed by atoms with van der Waals surface area (Å²) in [5, 5.41) is 33.9. The van der Waals surface area contributed by atoms with E-state index in [4.69, 9.17) is 28.4 Å². The molecule has 10 heteroatoms. The fourth-order valence-corrected chi connectivity index (χ4v) is 5.96. The van der Waals surface area contributed by atoms with Crippen LogP contribution in [0.15, 0.2) is 42.5 Å². The van der Waals surface area contributed by atoms with Crippen molar-refractivity contribution < 1.29 is 48.1 Å². The second-order valence-corrected chi connectivity index (χ2v) is 12.4. The van der Waals surface area contributed by atoms with Crippen LogP contribution in [-0.4, -0.2) is 91.6 Å². The Hall–Kier alpha value is -2.15. The summed E-state index contributed by atoms with van der Waals surface area (Å²) < 4.78 is 52.1. The first-order chi connectivity index (χ1) is 22.3. The molecule has 0 aromatic heterocycles. The predicted molar refractivity (Wildman–Crippen MR) is 171 cm³/mol. The Morgan fingerprint density at radius 3 is 2.07 bits per heavy atom. The molecule has 46 heavy (non-hydrogen) atoms. The first-order valence-electron chi connectivity index (χ1n) is 16.9. The lowest BCUT2D eigenvalue weighted by Gasteiger charge is -2.55. The molecule has 3 N–H and O–H groups in total. The van der Waals surface area contributed by atoms with Crippen LogP contribution in [0.25, 0.3) is 0 Å². The normalized spacial score (nSPS) is 26.0. The Balaban J connectivity index is 1.69. The highest BCUT2D eigenvalue weighted by Crippen LogP contribution is 2.45. The van der Waals surface area contributed by atoms with Crippen LogP contribution in [0.1, 0.15) is 82.4 Å². The Bertz CT molecular complexity index is 1170. The van der Waals surface area contributed by atoms with Crippen molar-refractivity contribution in [1.29, 1.82) is 0 Å². The maximum atomic E-state index is 15.3. The maximum Gasteiger partial charge on any atom is 0.223 e. The number of aliphatic hydroxyl groups is 3. The van der Waals surface area contributed by atoms with Crippen LogP contribution >= 0.6 is 0 Å². The highest BCUT2D eigenvalue weighted by molar-refractivity contribution is 5.36. The van der Waals surface area contributed by atoms with Gasteiger partial charge in [-0.3, -0.25) is 0 Å². The number of aliphatic hydroxyl groups excluding tert-OH is 2. The van der Waals surface area contributed by atoms with Crippen LogP contribution < -0.4 is 4.74 Å². The molecular weight excluding hydrogens is 595 g/mol. The van der Waals surface area contributed by atoms with Gasteiger partial charge in [-0.15, -0.1) is 0 Å². The van der Waals surface area contributed by atoms with Gasteiger partial charge in [-0.1, -0.05) is 58.2 Å². The predicted octanol–water partition coefficient (Wildman–Crippen LogP) is 5.04. The van der Waals surface area contributed by atoms with Crippen molar-refractivity contribution in [2.75, 3.05) is 46.2 Å². The molecule has 2 saturated heterocycles. The van der Waals surface area contributed by atoms with Crippen molar-refractivity contribution >= 4 is 0 Å². The van der Waals surface area contributed by atoms with Gasteiger partial charge < -0.3 is 43.7 Å². The van der Waals surface area contributed by atoms with Gasteiger partial charge in [0.25, 0.3) is 0 Å². The van der Waals surface area contributed by atoms with Gasteiger partial charge in [0.2, 0.25) is 5.79 Å². The third-order valence-corrected chi connectivity index (χ3v) is 8.76. The summed E-state index contributed by atoms with van der Waals surface area (Å²) in [5.41, 5.74) is -0.306. The lowest BCUT2D eigenvalue weighted by molar-refractivity contribution is -0.408. The van der Waals surface area contributed by atoms with E-state index in [0.29, 0.717) is 38.6 Å². The minimum absolute atomic E-state index is 0.0279. The summed E-state index contributed by atoms with van der Waals surface area (Å²) in [6.45, 7) is 7.10. The molecule has 2 heterocycles. The number of halogens is 1. The molecule has 5 atom stereocenters. The van der Waals surface area contributed by atoms with Gasteiger partial charge in [-0.05, 0) is 54.7 Å². The van der Waals surface area contributed by atoms with Gasteiger partial charge in [0.05, 0.1) is 26.4 Å². The van der Waals surface area contributed by atoms with E-state index in [1.807, 2.05) is 45.0 Å². The van der Waals surface area contributed by atoms with Gasteiger partial charge in [0, 0.05) is 38.2 Å². The lowest BCUT2D eigenvalue weighted by atomic mass is 9.80. The third kappa shape index (κ3) is 8.85. The molecule has 2 aromatic rings. The zero-order valence-corrected chi connectivity index (χ0v) is 27.6. The standard InChI is InChI=1S/C36H53FO9/c1-4-7-17-42-32-33(43-18-8-5-2)35(24-38,25-39)46-36(40,34(32)44-19-9-6-3)28-12-15-31(37)27(22-28)21-26-10-13-29(14-11-26)45-30-16-20-41-23-30/h10-15,22,30,32-34,38-40H,4-9,16-21,23-25H2,1-3H3/t30?,32-,33-,34?,36?/m0/s1. The minimum atomic E-state index is -2.20. The molecular formula is C36H53FO9. The number of ether oxygens (including phenoxy) is 6. The molecule has 0 amide bonds. The van der Waals surface area contributed by atoms with Crippen molar-refractivity contribution in [2.24, 2.45) is 0 Å². The molecule has 4 rings (SSSR count). The highest BCUT2D eigenvalue weighted by Gasteiger charge is 2.63. The van der Waals surface area contributed by atoms with Crippen LogP contribution in [0.4, 0.5) is 4.39 Å². The second-order valence-electron chi connectivity index (χ2n) is 12.4. The van der Waals surface area contributed by atoms with Crippen LogP contribution in [0.2, 0.25) is 0 Å². The van der Waals surface area contributed by atoms with Crippen LogP contribution in [0, 0.1) is 5.82 Å². The van der Waals surface area contributed by atoms with Gasteiger partial charge in [0.1, 0.15) is 41.6 Å². The first-order valence-corrected chi connectivity index (χ1v) is 16.9. The van der Waals surface area contributed by atoms with E-state index >= 15 is 4.39 Å². The maximum absolute atomic E-state index is 15.3.